The van der Waals surface area contributed by atoms with Gasteiger partial charge in [-0.25, -0.2) is 9.59 Å². The summed E-state index contributed by atoms with van der Waals surface area (Å²) in [6.07, 6.45) is 0.899. The summed E-state index contributed by atoms with van der Waals surface area (Å²) in [5.74, 6) is -0.899. The summed E-state index contributed by atoms with van der Waals surface area (Å²) < 4.78 is 5.31. The summed E-state index contributed by atoms with van der Waals surface area (Å²) in [5, 5.41) is 14.3. The molecule has 0 aliphatic carbocycles. The monoisotopic (exact) mass is 467 g/mol. The molecule has 0 aliphatic heterocycles. The van der Waals surface area contributed by atoms with Crippen molar-refractivity contribution < 1.29 is 19.4 Å². The molecule has 178 valence electrons. The number of alkyl carbamates (subject to hydrolysis) is 1. The Morgan fingerprint density at radius 2 is 1.60 bits per heavy atom. The molecule has 0 radical (unpaired) electrons. The number of fused-ring (bicyclic) bond motifs is 1. The number of rotatable bonds is 8. The number of hydrogen-bond donors (Lipinski definition) is 2. The predicted molar refractivity (Wildman–Crippen MR) is 139 cm³/mol. The maximum Gasteiger partial charge on any atom is 0.407 e. The number of aromatic carboxylic acids is 1. The third-order valence-electron chi connectivity index (χ3n) is 6.13. The molecule has 5 heteroatoms. The van der Waals surface area contributed by atoms with Gasteiger partial charge in [-0.1, -0.05) is 91.9 Å². The first-order valence-corrected chi connectivity index (χ1v) is 11.8. The molecule has 5 nitrogen and oxygen atoms in total. The molecule has 1 amide bonds. The van der Waals surface area contributed by atoms with Crippen molar-refractivity contribution in [3.8, 4) is 11.1 Å². The van der Waals surface area contributed by atoms with Gasteiger partial charge in [0.15, 0.2) is 0 Å². The van der Waals surface area contributed by atoms with Crippen LogP contribution in [0.1, 0.15) is 40.9 Å². The third kappa shape index (κ3) is 5.69. The highest BCUT2D eigenvalue weighted by molar-refractivity contribution is 6.09. The third-order valence-corrected chi connectivity index (χ3v) is 6.13. The number of hydrogen-bond acceptors (Lipinski definition) is 3. The number of nitrogens with one attached hydrogen (secondary N) is 1. The van der Waals surface area contributed by atoms with Gasteiger partial charge in [-0.2, -0.15) is 0 Å². The summed E-state index contributed by atoms with van der Waals surface area (Å²) in [4.78, 5) is 24.1. The first-order valence-electron chi connectivity index (χ1n) is 11.8. The van der Waals surface area contributed by atoms with E-state index in [2.05, 4.69) is 5.32 Å². The van der Waals surface area contributed by atoms with Crippen LogP contribution in [0.4, 0.5) is 4.79 Å². The van der Waals surface area contributed by atoms with E-state index in [1.807, 2.05) is 98.8 Å². The first kappa shape index (κ1) is 24.0. The van der Waals surface area contributed by atoms with Gasteiger partial charge in [0.1, 0.15) is 6.61 Å². The van der Waals surface area contributed by atoms with Crippen molar-refractivity contribution in [1.29, 1.82) is 0 Å². The van der Waals surface area contributed by atoms with Gasteiger partial charge in [0.05, 0.1) is 5.56 Å². The molecule has 4 aromatic carbocycles. The lowest BCUT2D eigenvalue weighted by molar-refractivity contribution is 0.0698. The van der Waals surface area contributed by atoms with Gasteiger partial charge in [-0.3, -0.25) is 0 Å². The summed E-state index contributed by atoms with van der Waals surface area (Å²) in [6.45, 7) is 4.15. The molecule has 0 heterocycles. The van der Waals surface area contributed by atoms with Crippen molar-refractivity contribution in [3.63, 3.8) is 0 Å². The number of carbonyl (C=O) groups is 2. The van der Waals surface area contributed by atoms with Crippen LogP contribution in [0, 0.1) is 0 Å². The number of aryl methyl sites for hydroxylation is 1. The zero-order valence-electron chi connectivity index (χ0n) is 20.0. The number of ether oxygens (including phenoxy) is 1. The quantitative estimate of drug-likeness (QED) is 0.305. The lowest BCUT2D eigenvalue weighted by Gasteiger charge is -2.15. The van der Waals surface area contributed by atoms with Crippen molar-refractivity contribution in [2.75, 3.05) is 0 Å². The second-order valence-electron chi connectivity index (χ2n) is 8.67. The topological polar surface area (TPSA) is 75.6 Å². The number of carbonyl (C=O) groups excluding carboxylic acids is 1. The van der Waals surface area contributed by atoms with Gasteiger partial charge < -0.3 is 15.2 Å². The van der Waals surface area contributed by atoms with Gasteiger partial charge in [0.2, 0.25) is 0 Å². The first-order chi connectivity index (χ1) is 17.0. The van der Waals surface area contributed by atoms with Crippen molar-refractivity contribution in [3.05, 3.63) is 107 Å². The van der Waals surface area contributed by atoms with E-state index in [-0.39, 0.29) is 12.6 Å². The molecule has 0 saturated heterocycles. The predicted octanol–water partition coefficient (Wildman–Crippen LogP) is 6.62. The average molecular weight is 468 g/mol. The normalized spacial score (nSPS) is 11.7. The van der Waals surface area contributed by atoms with Crippen molar-refractivity contribution >= 4 is 22.8 Å². The maximum atomic E-state index is 12.1. The number of carboxylic acid groups (broad SMARTS) is 1. The molecule has 0 aliphatic rings. The minimum absolute atomic E-state index is 0.0905. The molecule has 4 rings (SSSR count). The summed E-state index contributed by atoms with van der Waals surface area (Å²) in [5.41, 5.74) is 5.26. The molecular formula is C30H29NO4. The Balaban J connectivity index is 1.45. The summed E-state index contributed by atoms with van der Waals surface area (Å²) in [6, 6.07) is 27.4. The van der Waals surface area contributed by atoms with Gasteiger partial charge in [0.25, 0.3) is 0 Å². The minimum atomic E-state index is -0.899. The van der Waals surface area contributed by atoms with Gasteiger partial charge in [0, 0.05) is 6.04 Å². The Labute approximate surface area is 205 Å². The highest BCUT2D eigenvalue weighted by Crippen LogP contribution is 2.32. The number of amides is 1. The Morgan fingerprint density at radius 3 is 2.29 bits per heavy atom. The fourth-order valence-electron chi connectivity index (χ4n) is 4.39. The second kappa shape index (κ2) is 10.9. The van der Waals surface area contributed by atoms with Crippen LogP contribution in [-0.4, -0.2) is 23.2 Å². The standard InChI is InChI=1S/C30H29NO4/c1-3-23-16-17-26-25(10-7-11-27(26)28(23)29(32)33)24-14-12-21(13-15-24)18-20(2)31-30(34)35-19-22-8-5-4-6-9-22/h4-17,20H,3,18-19H2,1-2H3,(H,31,34)(H,32,33)/t20-/m1/s1. The average Bonchev–Trinajstić information content (AvgIpc) is 2.87. The Kier molecular flexibility index (Phi) is 7.46. The van der Waals surface area contributed by atoms with Crippen LogP contribution in [0.25, 0.3) is 21.9 Å². The fourth-order valence-corrected chi connectivity index (χ4v) is 4.39. The second-order valence-corrected chi connectivity index (χ2v) is 8.67. The van der Waals surface area contributed by atoms with E-state index < -0.39 is 12.1 Å². The van der Waals surface area contributed by atoms with Crippen LogP contribution < -0.4 is 5.32 Å². The molecule has 0 fully saturated rings. The lowest BCUT2D eigenvalue weighted by Crippen LogP contribution is -2.34. The van der Waals surface area contributed by atoms with Crippen LogP contribution in [0.5, 0.6) is 0 Å². The Hall–Kier alpha value is -4.12. The largest absolute Gasteiger partial charge is 0.478 e. The number of carboxylic acids is 1. The zero-order valence-corrected chi connectivity index (χ0v) is 20.0. The fraction of sp³-hybridized carbons (Fsp3) is 0.200. The van der Waals surface area contributed by atoms with Gasteiger partial charge in [-0.15, -0.1) is 0 Å². The maximum absolute atomic E-state index is 12.1. The minimum Gasteiger partial charge on any atom is -0.478 e. The van der Waals surface area contributed by atoms with E-state index in [0.29, 0.717) is 18.4 Å². The molecular weight excluding hydrogens is 438 g/mol. The molecule has 0 unspecified atom stereocenters. The molecule has 1 atom stereocenters. The molecule has 4 aromatic rings. The van der Waals surface area contributed by atoms with E-state index >= 15 is 0 Å². The van der Waals surface area contributed by atoms with Crippen molar-refractivity contribution in [1.82, 2.24) is 5.32 Å². The highest BCUT2D eigenvalue weighted by Gasteiger charge is 2.16. The smallest absolute Gasteiger partial charge is 0.407 e. The lowest BCUT2D eigenvalue weighted by atomic mass is 9.91. The van der Waals surface area contributed by atoms with Crippen LogP contribution in [0.2, 0.25) is 0 Å². The Morgan fingerprint density at radius 1 is 0.857 bits per heavy atom. The van der Waals surface area contributed by atoms with Crippen LogP contribution in [0.15, 0.2) is 84.9 Å². The van der Waals surface area contributed by atoms with E-state index in [4.69, 9.17) is 4.74 Å². The molecule has 0 bridgehead atoms. The molecule has 35 heavy (non-hydrogen) atoms. The van der Waals surface area contributed by atoms with E-state index in [1.54, 1.807) is 0 Å². The van der Waals surface area contributed by atoms with Crippen LogP contribution >= 0.6 is 0 Å². The number of benzene rings is 4. The van der Waals surface area contributed by atoms with Crippen LogP contribution in [-0.2, 0) is 24.2 Å². The Bertz CT molecular complexity index is 1330. The molecule has 0 spiro atoms. The van der Waals surface area contributed by atoms with E-state index in [1.165, 1.54) is 0 Å². The molecule has 0 saturated carbocycles. The summed E-state index contributed by atoms with van der Waals surface area (Å²) >= 11 is 0. The van der Waals surface area contributed by atoms with Crippen molar-refractivity contribution in [2.24, 2.45) is 0 Å². The van der Waals surface area contributed by atoms with Crippen LogP contribution in [0.3, 0.4) is 0 Å². The van der Waals surface area contributed by atoms with Gasteiger partial charge >= 0.3 is 12.1 Å². The van der Waals surface area contributed by atoms with Gasteiger partial charge in [-0.05, 0) is 58.4 Å². The van der Waals surface area contributed by atoms with E-state index in [9.17, 15) is 14.7 Å². The van der Waals surface area contributed by atoms with Crippen molar-refractivity contribution in [2.45, 2.75) is 39.3 Å². The highest BCUT2D eigenvalue weighted by atomic mass is 16.5. The van der Waals surface area contributed by atoms with E-state index in [0.717, 1.165) is 38.6 Å². The summed E-state index contributed by atoms with van der Waals surface area (Å²) in [7, 11) is 0. The zero-order chi connectivity index (χ0) is 24.8. The molecule has 2 N–H and O–H groups in total. The SMILES string of the molecule is CCc1ccc2c(-c3ccc(C[C@@H](C)NC(=O)OCc4ccccc4)cc3)cccc2c1C(=O)O. The molecule has 0 aromatic heterocycles.